The van der Waals surface area contributed by atoms with Crippen LogP contribution < -0.4 is 26.1 Å². The van der Waals surface area contributed by atoms with Crippen molar-refractivity contribution in [2.24, 2.45) is 0 Å². The number of likely N-dealkylation sites (N-methyl/N-ethyl adjacent to an activating group) is 1. The number of benzene rings is 1. The van der Waals surface area contributed by atoms with E-state index < -0.39 is 16.2 Å². The Kier molecular flexibility index (Phi) is 7.03. The second-order valence-electron chi connectivity index (χ2n) is 8.50. The maximum Gasteiger partial charge on any atom is 0.243 e. The number of hydrazine groups is 1. The van der Waals surface area contributed by atoms with Crippen LogP contribution in [0.5, 0.6) is 5.75 Å². The summed E-state index contributed by atoms with van der Waals surface area (Å²) in [5.74, 6) is 0.472. The molecule has 3 heterocycles. The van der Waals surface area contributed by atoms with Crippen LogP contribution in [0.2, 0.25) is 0 Å². The van der Waals surface area contributed by atoms with E-state index in [4.69, 9.17) is 4.74 Å². The lowest BCUT2D eigenvalue weighted by Gasteiger charge is -2.37. The fourth-order valence-corrected chi connectivity index (χ4v) is 6.32. The molecule has 11 heteroatoms. The standard InChI is InChI=1S/C21H34N6O4S/c1-4-6-16-18-19(26(3)25-16)21(28)24-20(23-18)15-13-14(7-8-17(15)31-5-2)32(29,30)27-11-9-22-10-12-27/h7-8,13,16,18-20,22-23,25H,4-6,9-12H2,1-3H3,(H,24,28). The van der Waals surface area contributed by atoms with Crippen molar-refractivity contribution in [2.75, 3.05) is 39.8 Å². The van der Waals surface area contributed by atoms with Gasteiger partial charge in [0.05, 0.1) is 17.5 Å². The Morgan fingerprint density at radius 1 is 1.19 bits per heavy atom. The summed E-state index contributed by atoms with van der Waals surface area (Å²) in [6.45, 7) is 6.57. The van der Waals surface area contributed by atoms with Gasteiger partial charge in [-0.3, -0.25) is 10.1 Å². The van der Waals surface area contributed by atoms with Gasteiger partial charge in [0, 0.05) is 44.8 Å². The highest BCUT2D eigenvalue weighted by Crippen LogP contribution is 2.32. The normalized spacial score (nSPS) is 29.5. The van der Waals surface area contributed by atoms with Gasteiger partial charge in [0.15, 0.2) is 0 Å². The van der Waals surface area contributed by atoms with E-state index in [1.54, 1.807) is 18.2 Å². The molecule has 1 aromatic rings. The maximum atomic E-state index is 13.3. The van der Waals surface area contributed by atoms with Crippen molar-refractivity contribution < 1.29 is 17.9 Å². The largest absolute Gasteiger partial charge is 0.493 e. The molecular weight excluding hydrogens is 432 g/mol. The first-order valence-corrected chi connectivity index (χ1v) is 12.8. The summed E-state index contributed by atoms with van der Waals surface area (Å²) in [5, 5.41) is 11.6. The average Bonchev–Trinajstić information content (AvgIpc) is 3.10. The third-order valence-electron chi connectivity index (χ3n) is 6.38. The zero-order chi connectivity index (χ0) is 22.9. The molecule has 0 spiro atoms. The predicted molar refractivity (Wildman–Crippen MR) is 120 cm³/mol. The summed E-state index contributed by atoms with van der Waals surface area (Å²) in [6, 6.07) is 4.61. The molecule has 178 valence electrons. The summed E-state index contributed by atoms with van der Waals surface area (Å²) in [6.07, 6.45) is 1.37. The smallest absolute Gasteiger partial charge is 0.243 e. The minimum atomic E-state index is -3.64. The van der Waals surface area contributed by atoms with E-state index in [-0.39, 0.29) is 28.9 Å². The highest BCUT2D eigenvalue weighted by atomic mass is 32.2. The number of carbonyl (C=O) groups is 1. The number of nitrogens with zero attached hydrogens (tertiary/aromatic N) is 2. The fraction of sp³-hybridized carbons (Fsp3) is 0.667. The van der Waals surface area contributed by atoms with Gasteiger partial charge in [-0.15, -0.1) is 0 Å². The lowest BCUT2D eigenvalue weighted by Crippen LogP contribution is -2.62. The van der Waals surface area contributed by atoms with Crippen LogP contribution in [0.25, 0.3) is 0 Å². The van der Waals surface area contributed by atoms with Crippen LogP contribution >= 0.6 is 0 Å². The number of sulfonamides is 1. The van der Waals surface area contributed by atoms with Crippen LogP contribution in [-0.2, 0) is 14.8 Å². The van der Waals surface area contributed by atoms with Gasteiger partial charge >= 0.3 is 0 Å². The Hall–Kier alpha value is -1.76. The number of hydrogen-bond donors (Lipinski definition) is 4. The summed E-state index contributed by atoms with van der Waals surface area (Å²) >= 11 is 0. The van der Waals surface area contributed by atoms with Gasteiger partial charge < -0.3 is 15.4 Å². The number of ether oxygens (including phenoxy) is 1. The molecule has 3 fully saturated rings. The van der Waals surface area contributed by atoms with Crippen molar-refractivity contribution in [1.82, 2.24) is 30.7 Å². The summed E-state index contributed by atoms with van der Waals surface area (Å²) < 4.78 is 33.8. The van der Waals surface area contributed by atoms with Crippen LogP contribution in [0.3, 0.4) is 0 Å². The van der Waals surface area contributed by atoms with Gasteiger partial charge in [-0.1, -0.05) is 13.3 Å². The number of piperazine rings is 1. The molecule has 3 aliphatic rings. The van der Waals surface area contributed by atoms with E-state index in [1.807, 2.05) is 19.0 Å². The molecule has 4 atom stereocenters. The van der Waals surface area contributed by atoms with Crippen LogP contribution in [-0.4, -0.2) is 81.6 Å². The Labute approximate surface area is 190 Å². The molecule has 10 nitrogen and oxygen atoms in total. The van der Waals surface area contributed by atoms with Gasteiger partial charge in [-0.05, 0) is 31.5 Å². The molecule has 3 saturated heterocycles. The fourth-order valence-electron chi connectivity index (χ4n) is 4.85. The quantitative estimate of drug-likeness (QED) is 0.435. The van der Waals surface area contributed by atoms with Gasteiger partial charge in [0.2, 0.25) is 15.9 Å². The van der Waals surface area contributed by atoms with Crippen LogP contribution in [0.1, 0.15) is 38.4 Å². The minimum Gasteiger partial charge on any atom is -0.493 e. The van der Waals surface area contributed by atoms with Crippen molar-refractivity contribution in [3.05, 3.63) is 23.8 Å². The topological polar surface area (TPSA) is 115 Å². The van der Waals surface area contributed by atoms with Crippen molar-refractivity contribution in [3.8, 4) is 5.75 Å². The number of hydrogen-bond acceptors (Lipinski definition) is 8. The summed E-state index contributed by atoms with van der Waals surface area (Å²) in [5.41, 5.74) is 4.01. The summed E-state index contributed by atoms with van der Waals surface area (Å²) in [7, 11) is -1.76. The number of rotatable bonds is 7. The molecule has 0 aliphatic carbocycles. The van der Waals surface area contributed by atoms with Gasteiger partial charge in [0.25, 0.3) is 0 Å². The number of amides is 1. The van der Waals surface area contributed by atoms with E-state index in [2.05, 4.69) is 28.3 Å². The van der Waals surface area contributed by atoms with Crippen molar-refractivity contribution in [1.29, 1.82) is 0 Å². The molecule has 4 N–H and O–H groups in total. The minimum absolute atomic E-state index is 0.0924. The maximum absolute atomic E-state index is 13.3. The molecular formula is C21H34N6O4S. The molecule has 0 bridgehead atoms. The van der Waals surface area contributed by atoms with E-state index in [0.29, 0.717) is 44.1 Å². The molecule has 0 saturated carbocycles. The molecule has 32 heavy (non-hydrogen) atoms. The van der Waals surface area contributed by atoms with Crippen molar-refractivity contribution in [3.63, 3.8) is 0 Å². The molecule has 0 radical (unpaired) electrons. The van der Waals surface area contributed by atoms with Gasteiger partial charge in [-0.2, -0.15) is 4.31 Å². The zero-order valence-corrected chi connectivity index (χ0v) is 19.7. The Balaban J connectivity index is 1.67. The van der Waals surface area contributed by atoms with Crippen LogP contribution in [0.15, 0.2) is 23.1 Å². The SMILES string of the molecule is CCCC1NN(C)C2C(=O)NC(c3cc(S(=O)(=O)N4CCNCC4)ccc3OCC)NC12. The first kappa shape index (κ1) is 23.4. The second-order valence-corrected chi connectivity index (χ2v) is 10.4. The lowest BCUT2D eigenvalue weighted by atomic mass is 9.94. The van der Waals surface area contributed by atoms with E-state index in [0.717, 1.165) is 12.8 Å². The molecule has 1 aromatic carbocycles. The Bertz CT molecular complexity index is 936. The second kappa shape index (κ2) is 9.62. The monoisotopic (exact) mass is 466 g/mol. The Morgan fingerprint density at radius 3 is 2.62 bits per heavy atom. The molecule has 4 unspecified atom stereocenters. The highest BCUT2D eigenvalue weighted by molar-refractivity contribution is 7.89. The third kappa shape index (κ3) is 4.37. The molecule has 1 amide bonds. The first-order valence-electron chi connectivity index (χ1n) is 11.4. The number of carbonyl (C=O) groups excluding carboxylic acids is 1. The molecule has 4 rings (SSSR count). The van der Waals surface area contributed by atoms with Crippen LogP contribution in [0, 0.1) is 0 Å². The summed E-state index contributed by atoms with van der Waals surface area (Å²) in [4.78, 5) is 13.2. The number of nitrogens with one attached hydrogen (secondary N) is 4. The van der Waals surface area contributed by atoms with E-state index in [9.17, 15) is 13.2 Å². The third-order valence-corrected chi connectivity index (χ3v) is 8.27. The van der Waals surface area contributed by atoms with Gasteiger partial charge in [0.1, 0.15) is 18.0 Å². The van der Waals surface area contributed by atoms with Crippen LogP contribution in [0.4, 0.5) is 0 Å². The van der Waals surface area contributed by atoms with E-state index >= 15 is 0 Å². The van der Waals surface area contributed by atoms with Gasteiger partial charge in [-0.25, -0.2) is 18.9 Å². The lowest BCUT2D eigenvalue weighted by molar-refractivity contribution is -0.129. The number of fused-ring (bicyclic) bond motifs is 1. The predicted octanol–water partition coefficient (Wildman–Crippen LogP) is -0.247. The molecule has 0 aromatic heterocycles. The van der Waals surface area contributed by atoms with Crippen molar-refractivity contribution in [2.45, 2.75) is 55.9 Å². The Morgan fingerprint density at radius 2 is 1.94 bits per heavy atom. The highest BCUT2D eigenvalue weighted by Gasteiger charge is 2.48. The zero-order valence-electron chi connectivity index (χ0n) is 18.9. The first-order chi connectivity index (χ1) is 15.4. The van der Waals surface area contributed by atoms with Crippen molar-refractivity contribution >= 4 is 15.9 Å². The molecule has 3 aliphatic heterocycles. The average molecular weight is 467 g/mol. The van der Waals surface area contributed by atoms with E-state index in [1.165, 1.54) is 4.31 Å².